The number of rotatable bonds is 7. The molecule has 1 aliphatic rings. The Morgan fingerprint density at radius 3 is 2.47 bits per heavy atom. The predicted molar refractivity (Wildman–Crippen MR) is 129 cm³/mol. The van der Waals surface area contributed by atoms with Crippen LogP contribution in [0.25, 0.3) is 11.3 Å². The number of thiazole rings is 1. The minimum Gasteiger partial charge on any atom is -0.383 e. The molecule has 3 aromatic rings. The molecule has 2 aromatic carbocycles. The van der Waals surface area contributed by atoms with Crippen molar-refractivity contribution in [2.75, 3.05) is 26.8 Å². The number of ether oxygens (including phenoxy) is 1. The lowest BCUT2D eigenvalue weighted by Gasteiger charge is -2.20. The van der Waals surface area contributed by atoms with E-state index in [4.69, 9.17) is 9.73 Å². The Hall–Kier alpha value is -2.26. The average Bonchev–Trinajstić information content (AvgIpc) is 3.01. The molecule has 0 saturated carbocycles. The van der Waals surface area contributed by atoms with Gasteiger partial charge in [-0.05, 0) is 37.1 Å². The summed E-state index contributed by atoms with van der Waals surface area (Å²) in [6, 6.07) is 17.1. The summed E-state index contributed by atoms with van der Waals surface area (Å²) in [5.41, 5.74) is 2.68. The Morgan fingerprint density at radius 1 is 1.00 bits per heavy atom. The van der Waals surface area contributed by atoms with Crippen LogP contribution in [0, 0.1) is 0 Å². The lowest BCUT2D eigenvalue weighted by Crippen LogP contribution is -2.31. The maximum atomic E-state index is 13.3. The van der Waals surface area contributed by atoms with Crippen LogP contribution in [0.3, 0.4) is 0 Å². The number of para-hydroxylation sites is 1. The highest BCUT2D eigenvalue weighted by atomic mass is 32.2. The van der Waals surface area contributed by atoms with Crippen LogP contribution in [0.1, 0.15) is 25.7 Å². The molecule has 6 nitrogen and oxygen atoms in total. The van der Waals surface area contributed by atoms with E-state index in [2.05, 4.69) is 4.57 Å². The Balaban J connectivity index is 1.73. The Bertz CT molecular complexity index is 1190. The summed E-state index contributed by atoms with van der Waals surface area (Å²) < 4.78 is 35.7. The maximum Gasteiger partial charge on any atom is 0.243 e. The maximum absolute atomic E-state index is 13.3. The summed E-state index contributed by atoms with van der Waals surface area (Å²) in [4.78, 5) is 6.00. The molecule has 0 atom stereocenters. The van der Waals surface area contributed by atoms with Crippen molar-refractivity contribution in [2.24, 2.45) is 4.99 Å². The second-order valence-corrected chi connectivity index (χ2v) is 10.6. The summed E-state index contributed by atoms with van der Waals surface area (Å²) in [6.07, 6.45) is 4.03. The van der Waals surface area contributed by atoms with Gasteiger partial charge in [0.15, 0.2) is 4.80 Å². The summed E-state index contributed by atoms with van der Waals surface area (Å²) in [7, 11) is -1.83. The molecular weight excluding hydrogens is 442 g/mol. The van der Waals surface area contributed by atoms with Crippen LogP contribution in [0.4, 0.5) is 5.69 Å². The molecule has 0 amide bonds. The second-order valence-electron chi connectivity index (χ2n) is 7.84. The number of benzene rings is 2. The molecule has 0 aliphatic carbocycles. The Kier molecular flexibility index (Phi) is 7.57. The van der Waals surface area contributed by atoms with E-state index in [9.17, 15) is 8.42 Å². The molecule has 0 spiro atoms. The van der Waals surface area contributed by atoms with Gasteiger partial charge >= 0.3 is 0 Å². The topological polar surface area (TPSA) is 63.9 Å². The summed E-state index contributed by atoms with van der Waals surface area (Å²) in [5.74, 6) is 0. The van der Waals surface area contributed by atoms with E-state index in [1.165, 1.54) is 0 Å². The third-order valence-corrected chi connectivity index (χ3v) is 8.39. The molecule has 0 N–H and O–H groups in total. The van der Waals surface area contributed by atoms with E-state index in [1.54, 1.807) is 34.9 Å². The van der Waals surface area contributed by atoms with E-state index in [0.29, 0.717) is 31.1 Å². The highest BCUT2D eigenvalue weighted by Crippen LogP contribution is 2.26. The van der Waals surface area contributed by atoms with Gasteiger partial charge in [0.2, 0.25) is 10.0 Å². The van der Waals surface area contributed by atoms with E-state index in [-0.39, 0.29) is 0 Å². The molecule has 32 heavy (non-hydrogen) atoms. The molecule has 2 heterocycles. The van der Waals surface area contributed by atoms with Crippen molar-refractivity contribution in [1.82, 2.24) is 8.87 Å². The van der Waals surface area contributed by atoms with Crippen LogP contribution in [0.5, 0.6) is 0 Å². The standard InChI is InChI=1S/C24H29N3O3S2/c1-30-17-16-27-23(19-31-24(27)25-21-11-5-4-6-12-21)20-10-9-13-22(18-20)32(28,29)26-14-7-2-3-8-15-26/h4-6,9-13,18-19H,2-3,7-8,14-17H2,1H3. The van der Waals surface area contributed by atoms with Gasteiger partial charge < -0.3 is 9.30 Å². The molecule has 0 bridgehead atoms. The van der Waals surface area contributed by atoms with Gasteiger partial charge in [0.05, 0.1) is 22.9 Å². The number of nitrogens with zero attached hydrogens (tertiary/aromatic N) is 3. The van der Waals surface area contributed by atoms with E-state index >= 15 is 0 Å². The quantitative estimate of drug-likeness (QED) is 0.503. The number of hydrogen-bond donors (Lipinski definition) is 0. The number of methoxy groups -OCH3 is 1. The zero-order chi connectivity index (χ0) is 22.4. The fourth-order valence-electron chi connectivity index (χ4n) is 3.91. The summed E-state index contributed by atoms with van der Waals surface area (Å²) in [6.45, 7) is 2.36. The first-order valence-electron chi connectivity index (χ1n) is 11.0. The monoisotopic (exact) mass is 471 g/mol. The van der Waals surface area contributed by atoms with Gasteiger partial charge in [0.1, 0.15) is 0 Å². The molecule has 0 unspecified atom stereocenters. The van der Waals surface area contributed by atoms with Crippen LogP contribution in [-0.4, -0.2) is 44.1 Å². The van der Waals surface area contributed by atoms with Crippen molar-refractivity contribution in [3.05, 3.63) is 64.8 Å². The number of sulfonamides is 1. The van der Waals surface area contributed by atoms with Gasteiger partial charge in [-0.2, -0.15) is 4.31 Å². The average molecular weight is 472 g/mol. The fourth-order valence-corrected chi connectivity index (χ4v) is 6.43. The highest BCUT2D eigenvalue weighted by molar-refractivity contribution is 7.89. The van der Waals surface area contributed by atoms with Gasteiger partial charge in [-0.1, -0.05) is 43.2 Å². The summed E-state index contributed by atoms with van der Waals surface area (Å²) in [5, 5.41) is 2.04. The third kappa shape index (κ3) is 5.20. The molecule has 8 heteroatoms. The smallest absolute Gasteiger partial charge is 0.243 e. The van der Waals surface area contributed by atoms with Gasteiger partial charge in [0.25, 0.3) is 0 Å². The molecular formula is C24H29N3O3S2. The molecule has 1 fully saturated rings. The minimum absolute atomic E-state index is 0.350. The normalized spacial score (nSPS) is 16.2. The van der Waals surface area contributed by atoms with Gasteiger partial charge in [-0.25, -0.2) is 13.4 Å². The molecule has 1 aromatic heterocycles. The molecule has 0 radical (unpaired) electrons. The van der Waals surface area contributed by atoms with Crippen molar-refractivity contribution in [1.29, 1.82) is 0 Å². The number of hydrogen-bond acceptors (Lipinski definition) is 5. The van der Waals surface area contributed by atoms with Gasteiger partial charge in [-0.3, -0.25) is 0 Å². The fraction of sp³-hybridized carbons (Fsp3) is 0.375. The molecule has 1 saturated heterocycles. The molecule has 170 valence electrons. The van der Waals surface area contributed by atoms with E-state index in [1.807, 2.05) is 47.8 Å². The van der Waals surface area contributed by atoms with Crippen LogP contribution >= 0.6 is 11.3 Å². The molecule has 1 aliphatic heterocycles. The first-order chi connectivity index (χ1) is 15.6. The van der Waals surface area contributed by atoms with Crippen LogP contribution in [0.15, 0.2) is 69.9 Å². The van der Waals surface area contributed by atoms with Crippen LogP contribution in [-0.2, 0) is 21.3 Å². The SMILES string of the molecule is COCCn1c(-c2cccc(S(=O)(=O)N3CCCCCC3)c2)csc1=Nc1ccccc1. The van der Waals surface area contributed by atoms with Crippen LogP contribution in [0.2, 0.25) is 0 Å². The van der Waals surface area contributed by atoms with Gasteiger partial charge in [0, 0.05) is 37.7 Å². The highest BCUT2D eigenvalue weighted by Gasteiger charge is 2.25. The van der Waals surface area contributed by atoms with Crippen molar-refractivity contribution in [3.63, 3.8) is 0 Å². The zero-order valence-corrected chi connectivity index (χ0v) is 19.9. The van der Waals surface area contributed by atoms with Crippen molar-refractivity contribution < 1.29 is 13.2 Å². The van der Waals surface area contributed by atoms with E-state index in [0.717, 1.165) is 47.4 Å². The van der Waals surface area contributed by atoms with Crippen molar-refractivity contribution in [2.45, 2.75) is 37.1 Å². The third-order valence-electron chi connectivity index (χ3n) is 5.63. The zero-order valence-electron chi connectivity index (χ0n) is 18.3. The number of aromatic nitrogens is 1. The second kappa shape index (κ2) is 10.6. The Morgan fingerprint density at radius 2 is 1.75 bits per heavy atom. The minimum atomic E-state index is -3.51. The largest absolute Gasteiger partial charge is 0.383 e. The predicted octanol–water partition coefficient (Wildman–Crippen LogP) is 4.66. The van der Waals surface area contributed by atoms with Gasteiger partial charge in [-0.15, -0.1) is 11.3 Å². The summed E-state index contributed by atoms with van der Waals surface area (Å²) >= 11 is 1.54. The first kappa shape index (κ1) is 22.9. The van der Waals surface area contributed by atoms with Crippen molar-refractivity contribution >= 4 is 27.0 Å². The first-order valence-corrected chi connectivity index (χ1v) is 13.3. The lowest BCUT2D eigenvalue weighted by molar-refractivity contribution is 0.187. The lowest BCUT2D eigenvalue weighted by atomic mass is 10.2. The molecule has 4 rings (SSSR count). The van der Waals surface area contributed by atoms with Crippen molar-refractivity contribution in [3.8, 4) is 11.3 Å². The Labute approximate surface area is 193 Å². The van der Waals surface area contributed by atoms with Crippen LogP contribution < -0.4 is 4.80 Å². The van der Waals surface area contributed by atoms with E-state index < -0.39 is 10.0 Å².